The number of rotatable bonds is 2. The molecule has 118 valence electrons. The highest BCUT2D eigenvalue weighted by Gasteiger charge is 2.20. The molecule has 2 aromatic carbocycles. The minimum Gasteiger partial charge on any atom is -0.454 e. The van der Waals surface area contributed by atoms with Crippen LogP contribution in [0, 0.1) is 11.6 Å². The van der Waals surface area contributed by atoms with E-state index in [-0.39, 0.29) is 12.5 Å². The van der Waals surface area contributed by atoms with Gasteiger partial charge < -0.3 is 20.1 Å². The van der Waals surface area contributed by atoms with Crippen LogP contribution in [0.25, 0.3) is 0 Å². The molecule has 0 saturated carbocycles. The monoisotopic (exact) mass is 320 g/mol. The number of ether oxygens (including phenoxy) is 2. The van der Waals surface area contributed by atoms with Crippen LogP contribution in [0.2, 0.25) is 0 Å². The zero-order chi connectivity index (χ0) is 16.4. The first-order valence-corrected chi connectivity index (χ1v) is 6.50. The van der Waals surface area contributed by atoms with E-state index in [1.807, 2.05) is 5.32 Å². The van der Waals surface area contributed by atoms with Gasteiger partial charge in [0.05, 0.1) is 0 Å². The SMILES string of the molecule is O=C(Nc1ccc2c(c1)OCO2)C(=O)Nc1c(F)cccc1F. The molecule has 3 rings (SSSR count). The van der Waals surface area contributed by atoms with Crippen molar-refractivity contribution in [2.24, 2.45) is 0 Å². The Labute approximate surface area is 129 Å². The van der Waals surface area contributed by atoms with E-state index in [4.69, 9.17) is 9.47 Å². The molecule has 8 heteroatoms. The summed E-state index contributed by atoms with van der Waals surface area (Å²) in [6.45, 7) is 0.0692. The van der Waals surface area contributed by atoms with Gasteiger partial charge in [-0.3, -0.25) is 9.59 Å². The highest BCUT2D eigenvalue weighted by Crippen LogP contribution is 2.34. The van der Waals surface area contributed by atoms with E-state index in [2.05, 4.69) is 5.32 Å². The van der Waals surface area contributed by atoms with Crippen molar-refractivity contribution < 1.29 is 27.8 Å². The fraction of sp³-hybridized carbons (Fsp3) is 0.0667. The molecule has 1 aliphatic heterocycles. The van der Waals surface area contributed by atoms with Crippen LogP contribution in [0.4, 0.5) is 20.2 Å². The topological polar surface area (TPSA) is 76.7 Å². The summed E-state index contributed by atoms with van der Waals surface area (Å²) < 4.78 is 37.1. The molecule has 0 aliphatic carbocycles. The first-order chi connectivity index (χ1) is 11.0. The van der Waals surface area contributed by atoms with Crippen molar-refractivity contribution in [3.05, 3.63) is 48.0 Å². The maximum absolute atomic E-state index is 13.4. The molecule has 2 amide bonds. The first kappa shape index (κ1) is 14.8. The molecule has 0 bridgehead atoms. The molecular formula is C15H10F2N2O4. The molecule has 0 unspecified atom stereocenters. The molecular weight excluding hydrogens is 310 g/mol. The van der Waals surface area contributed by atoms with Crippen molar-refractivity contribution in [3.63, 3.8) is 0 Å². The van der Waals surface area contributed by atoms with E-state index in [1.54, 1.807) is 6.07 Å². The predicted molar refractivity (Wildman–Crippen MR) is 76.2 cm³/mol. The van der Waals surface area contributed by atoms with Gasteiger partial charge in [-0.2, -0.15) is 0 Å². The molecule has 2 aromatic rings. The minimum absolute atomic E-state index is 0.0692. The van der Waals surface area contributed by atoms with Gasteiger partial charge >= 0.3 is 11.8 Å². The Kier molecular flexibility index (Phi) is 3.80. The van der Waals surface area contributed by atoms with Crippen LogP contribution in [0.15, 0.2) is 36.4 Å². The van der Waals surface area contributed by atoms with E-state index in [0.717, 1.165) is 18.2 Å². The summed E-state index contributed by atoms with van der Waals surface area (Å²) in [6, 6.07) is 7.61. The highest BCUT2D eigenvalue weighted by molar-refractivity contribution is 6.43. The number of carbonyl (C=O) groups is 2. The summed E-state index contributed by atoms with van der Waals surface area (Å²) in [4.78, 5) is 23.5. The van der Waals surface area contributed by atoms with Crippen LogP contribution >= 0.6 is 0 Å². The van der Waals surface area contributed by atoms with Gasteiger partial charge in [-0.1, -0.05) is 6.07 Å². The largest absolute Gasteiger partial charge is 0.454 e. The van der Waals surface area contributed by atoms with E-state index >= 15 is 0 Å². The molecule has 23 heavy (non-hydrogen) atoms. The van der Waals surface area contributed by atoms with Gasteiger partial charge in [-0.25, -0.2) is 8.78 Å². The molecule has 6 nitrogen and oxygen atoms in total. The summed E-state index contributed by atoms with van der Waals surface area (Å²) in [6.07, 6.45) is 0. The van der Waals surface area contributed by atoms with Gasteiger partial charge in [0, 0.05) is 11.8 Å². The summed E-state index contributed by atoms with van der Waals surface area (Å²) in [7, 11) is 0. The first-order valence-electron chi connectivity index (χ1n) is 6.50. The Morgan fingerprint density at radius 2 is 1.57 bits per heavy atom. The van der Waals surface area contributed by atoms with Gasteiger partial charge in [0.25, 0.3) is 0 Å². The van der Waals surface area contributed by atoms with Crippen molar-refractivity contribution in [2.45, 2.75) is 0 Å². The Bertz CT molecular complexity index is 775. The van der Waals surface area contributed by atoms with Crippen LogP contribution in [0.5, 0.6) is 11.5 Å². The number of hydrogen-bond donors (Lipinski definition) is 2. The van der Waals surface area contributed by atoms with Gasteiger partial charge in [0.2, 0.25) is 6.79 Å². The normalized spacial score (nSPS) is 11.9. The number of fused-ring (bicyclic) bond motifs is 1. The Morgan fingerprint density at radius 1 is 0.913 bits per heavy atom. The van der Waals surface area contributed by atoms with Gasteiger partial charge in [-0.15, -0.1) is 0 Å². The molecule has 1 heterocycles. The van der Waals surface area contributed by atoms with Gasteiger partial charge in [0.15, 0.2) is 11.5 Å². The second-order valence-corrected chi connectivity index (χ2v) is 4.57. The molecule has 0 aromatic heterocycles. The highest BCUT2D eigenvalue weighted by atomic mass is 19.1. The van der Waals surface area contributed by atoms with Gasteiger partial charge in [0.1, 0.15) is 17.3 Å². The molecule has 2 N–H and O–H groups in total. The maximum Gasteiger partial charge on any atom is 0.314 e. The Morgan fingerprint density at radius 3 is 2.30 bits per heavy atom. The quantitative estimate of drug-likeness (QED) is 0.832. The molecule has 0 atom stereocenters. The molecule has 0 spiro atoms. The van der Waals surface area contributed by atoms with Crippen LogP contribution < -0.4 is 20.1 Å². The third kappa shape index (κ3) is 3.05. The molecule has 0 radical (unpaired) electrons. The van der Waals surface area contributed by atoms with Crippen LogP contribution in [-0.4, -0.2) is 18.6 Å². The Balaban J connectivity index is 1.69. The van der Waals surface area contributed by atoms with Crippen molar-refractivity contribution in [1.29, 1.82) is 0 Å². The lowest BCUT2D eigenvalue weighted by atomic mass is 10.2. The van der Waals surface area contributed by atoms with Crippen LogP contribution in [0.3, 0.4) is 0 Å². The average molecular weight is 320 g/mol. The summed E-state index contributed by atoms with van der Waals surface area (Å²) in [5.41, 5.74) is -0.401. The standard InChI is InChI=1S/C15H10F2N2O4/c16-9-2-1-3-10(17)13(9)19-15(21)14(20)18-8-4-5-11-12(6-8)23-7-22-11/h1-6H,7H2,(H,18,20)(H,19,21). The molecule has 0 fully saturated rings. The number of hydrogen-bond acceptors (Lipinski definition) is 4. The average Bonchev–Trinajstić information content (AvgIpc) is 2.98. The van der Waals surface area contributed by atoms with Crippen molar-refractivity contribution >= 4 is 23.2 Å². The lowest BCUT2D eigenvalue weighted by molar-refractivity contribution is -0.133. The minimum atomic E-state index is -1.20. The number of benzene rings is 2. The van der Waals surface area contributed by atoms with E-state index in [9.17, 15) is 18.4 Å². The third-order valence-electron chi connectivity index (χ3n) is 3.04. The third-order valence-corrected chi connectivity index (χ3v) is 3.04. The lowest BCUT2D eigenvalue weighted by Crippen LogP contribution is -2.29. The molecule has 0 saturated heterocycles. The number of halogens is 2. The van der Waals surface area contributed by atoms with Crippen molar-refractivity contribution in [1.82, 2.24) is 0 Å². The Hall–Kier alpha value is -3.16. The number of para-hydroxylation sites is 1. The summed E-state index contributed by atoms with van der Waals surface area (Å²) >= 11 is 0. The number of anilines is 2. The number of carbonyl (C=O) groups excluding carboxylic acids is 2. The molecule has 1 aliphatic rings. The van der Waals surface area contributed by atoms with Crippen LogP contribution in [-0.2, 0) is 9.59 Å². The van der Waals surface area contributed by atoms with Crippen molar-refractivity contribution in [2.75, 3.05) is 17.4 Å². The fourth-order valence-corrected chi connectivity index (χ4v) is 1.95. The number of nitrogens with one attached hydrogen (secondary N) is 2. The van der Waals surface area contributed by atoms with E-state index in [1.165, 1.54) is 12.1 Å². The van der Waals surface area contributed by atoms with E-state index in [0.29, 0.717) is 11.5 Å². The van der Waals surface area contributed by atoms with Crippen molar-refractivity contribution in [3.8, 4) is 11.5 Å². The zero-order valence-electron chi connectivity index (χ0n) is 11.6. The zero-order valence-corrected chi connectivity index (χ0v) is 11.6. The summed E-state index contributed by atoms with van der Waals surface area (Å²) in [5.74, 6) is -3.30. The van der Waals surface area contributed by atoms with Gasteiger partial charge in [-0.05, 0) is 24.3 Å². The predicted octanol–water partition coefficient (Wildman–Crippen LogP) is 2.27. The summed E-state index contributed by atoms with van der Waals surface area (Å²) in [5, 5.41) is 4.19. The number of amides is 2. The maximum atomic E-state index is 13.4. The second kappa shape index (κ2) is 5.91. The fourth-order valence-electron chi connectivity index (χ4n) is 1.95. The smallest absolute Gasteiger partial charge is 0.314 e. The second-order valence-electron chi connectivity index (χ2n) is 4.57. The van der Waals surface area contributed by atoms with Crippen LogP contribution in [0.1, 0.15) is 0 Å². The van der Waals surface area contributed by atoms with E-state index < -0.39 is 29.1 Å². The lowest BCUT2D eigenvalue weighted by Gasteiger charge is -2.08.